The number of hydrogen-bond acceptors (Lipinski definition) is 4. The van der Waals surface area contributed by atoms with Crippen molar-refractivity contribution in [3.63, 3.8) is 0 Å². The summed E-state index contributed by atoms with van der Waals surface area (Å²) in [5.74, 6) is 0.0868. The largest absolute Gasteiger partial charge is 0.415 e. The van der Waals surface area contributed by atoms with Crippen molar-refractivity contribution in [1.29, 1.82) is 0 Å². The molecule has 0 N–H and O–H groups in total. The monoisotopic (exact) mass is 428 g/mol. The maximum absolute atomic E-state index is 13.2. The molecule has 1 aliphatic rings. The van der Waals surface area contributed by atoms with Crippen LogP contribution >= 0.6 is 0 Å². The molecule has 5 nitrogen and oxygen atoms in total. The van der Waals surface area contributed by atoms with Gasteiger partial charge in [0.1, 0.15) is 6.04 Å². The molecule has 0 radical (unpaired) electrons. The number of carbonyl (C=O) groups excluding carboxylic acids is 1. The van der Waals surface area contributed by atoms with Gasteiger partial charge in [0.15, 0.2) is 16.6 Å². The molecule has 0 bridgehead atoms. The number of hydrogen-bond donors (Lipinski definition) is 0. The van der Waals surface area contributed by atoms with Gasteiger partial charge in [-0.05, 0) is 49.4 Å². The van der Waals surface area contributed by atoms with Gasteiger partial charge in [0, 0.05) is 19.3 Å². The second-order valence-electron chi connectivity index (χ2n) is 11.2. The van der Waals surface area contributed by atoms with Crippen LogP contribution in [0.2, 0.25) is 36.3 Å². The fraction of sp³-hybridized carbons (Fsp3) is 0.857. The van der Waals surface area contributed by atoms with Crippen LogP contribution in [0.3, 0.4) is 0 Å². The van der Waals surface area contributed by atoms with Gasteiger partial charge in [0.25, 0.3) is 0 Å². The first-order chi connectivity index (χ1) is 12.4. The number of rotatable bonds is 6. The molecule has 1 aliphatic heterocycles. The summed E-state index contributed by atoms with van der Waals surface area (Å²) in [5.41, 5.74) is 0.955. The van der Waals surface area contributed by atoms with Gasteiger partial charge in [0.05, 0.1) is 13.2 Å². The van der Waals surface area contributed by atoms with E-state index in [2.05, 4.69) is 78.7 Å². The molecule has 0 aromatic carbocycles. The molecule has 0 aromatic heterocycles. The van der Waals surface area contributed by atoms with Crippen molar-refractivity contribution < 1.29 is 13.6 Å². The van der Waals surface area contributed by atoms with Crippen LogP contribution in [-0.2, 0) is 13.6 Å². The third kappa shape index (κ3) is 6.01. The highest BCUT2D eigenvalue weighted by molar-refractivity contribution is 6.74. The van der Waals surface area contributed by atoms with E-state index in [4.69, 9.17) is 8.85 Å². The molecule has 0 saturated carbocycles. The Labute approximate surface area is 175 Å². The molecule has 28 heavy (non-hydrogen) atoms. The third-order valence-corrected chi connectivity index (χ3v) is 16.0. The van der Waals surface area contributed by atoms with Gasteiger partial charge >= 0.3 is 0 Å². The minimum absolute atomic E-state index is 0.0868. The topological polar surface area (TPSA) is 42.0 Å². The second kappa shape index (κ2) is 8.72. The van der Waals surface area contributed by atoms with E-state index in [1.165, 1.54) is 0 Å². The summed E-state index contributed by atoms with van der Waals surface area (Å²) in [6, 6.07) is -0.263. The van der Waals surface area contributed by atoms with Gasteiger partial charge in [-0.2, -0.15) is 0 Å². The quantitative estimate of drug-likeness (QED) is 0.576. The Bertz CT molecular complexity index is 589. The van der Waals surface area contributed by atoms with E-state index in [9.17, 15) is 4.79 Å². The van der Waals surface area contributed by atoms with Crippen molar-refractivity contribution in [2.45, 2.75) is 83.8 Å². The number of nitrogens with zero attached hydrogens (tertiary/aromatic N) is 2. The van der Waals surface area contributed by atoms with E-state index in [0.717, 1.165) is 12.2 Å². The van der Waals surface area contributed by atoms with Gasteiger partial charge in [-0.1, -0.05) is 41.5 Å². The van der Waals surface area contributed by atoms with Crippen LogP contribution in [0.15, 0.2) is 11.8 Å². The highest BCUT2D eigenvalue weighted by atomic mass is 28.4. The fourth-order valence-corrected chi connectivity index (χ4v) is 4.35. The third-order valence-electron chi connectivity index (χ3n) is 6.99. The summed E-state index contributed by atoms with van der Waals surface area (Å²) in [6.07, 6.45) is 2.12. The molecular formula is C21H44N2O3Si2. The van der Waals surface area contributed by atoms with Gasteiger partial charge in [-0.25, -0.2) is 0 Å². The van der Waals surface area contributed by atoms with Crippen LogP contribution in [-0.4, -0.2) is 72.2 Å². The molecule has 0 saturated heterocycles. The highest BCUT2D eigenvalue weighted by Gasteiger charge is 2.40. The Balaban J connectivity index is 2.86. The van der Waals surface area contributed by atoms with Gasteiger partial charge in [-0.3, -0.25) is 9.69 Å². The molecule has 7 heteroatoms. The standard InChI is InChI=1S/C21H44N2O3Si2/c1-20(2,3)27(9,10)25-15-17-13-14-22(7)18(19(24)23(17)8)16-26-28(11,12)21(4,5)6/h13,18H,14-16H2,1-12H3/t18-/m0/s1. The average molecular weight is 429 g/mol. The van der Waals surface area contributed by atoms with Crippen LogP contribution in [0.25, 0.3) is 0 Å². The van der Waals surface area contributed by atoms with E-state index in [0.29, 0.717) is 13.2 Å². The smallest absolute Gasteiger partial charge is 0.246 e. The zero-order valence-electron chi connectivity index (χ0n) is 20.4. The lowest BCUT2D eigenvalue weighted by molar-refractivity contribution is -0.134. The Morgan fingerprint density at radius 3 is 1.89 bits per heavy atom. The highest BCUT2D eigenvalue weighted by Crippen LogP contribution is 2.38. The zero-order chi connectivity index (χ0) is 22.1. The van der Waals surface area contributed by atoms with Crippen molar-refractivity contribution in [2.75, 3.05) is 33.9 Å². The maximum Gasteiger partial charge on any atom is 0.246 e. The van der Waals surface area contributed by atoms with E-state index < -0.39 is 16.6 Å². The van der Waals surface area contributed by atoms with Crippen molar-refractivity contribution >= 4 is 22.5 Å². The Morgan fingerprint density at radius 1 is 0.964 bits per heavy atom. The first kappa shape index (κ1) is 25.6. The van der Waals surface area contributed by atoms with Gasteiger partial charge in [-0.15, -0.1) is 0 Å². The summed E-state index contributed by atoms with van der Waals surface area (Å²) >= 11 is 0. The molecule has 0 aromatic rings. The lowest BCUT2D eigenvalue weighted by Crippen LogP contribution is -2.50. The fourth-order valence-electron chi connectivity index (χ4n) is 2.40. The summed E-state index contributed by atoms with van der Waals surface area (Å²) in [5, 5.41) is 0.281. The predicted octanol–water partition coefficient (Wildman–Crippen LogP) is 4.69. The van der Waals surface area contributed by atoms with Crippen molar-refractivity contribution in [2.24, 2.45) is 0 Å². The number of amides is 1. The lowest BCUT2D eigenvalue weighted by Gasteiger charge is -2.38. The summed E-state index contributed by atoms with van der Waals surface area (Å²) in [4.78, 5) is 17.1. The first-order valence-corrected chi connectivity index (χ1v) is 16.2. The maximum atomic E-state index is 13.2. The zero-order valence-corrected chi connectivity index (χ0v) is 22.4. The summed E-state index contributed by atoms with van der Waals surface area (Å²) in [7, 11) is 0.101. The van der Waals surface area contributed by atoms with Crippen molar-refractivity contribution in [3.05, 3.63) is 11.8 Å². The average Bonchev–Trinajstić information content (AvgIpc) is 2.60. The molecule has 1 rings (SSSR count). The summed E-state index contributed by atoms with van der Waals surface area (Å²) < 4.78 is 12.7. The predicted molar refractivity (Wildman–Crippen MR) is 124 cm³/mol. The van der Waals surface area contributed by atoms with Crippen molar-refractivity contribution in [3.8, 4) is 0 Å². The first-order valence-electron chi connectivity index (χ1n) is 10.4. The molecular weight excluding hydrogens is 384 g/mol. The summed E-state index contributed by atoms with van der Waals surface area (Å²) in [6.45, 7) is 24.0. The molecule has 1 heterocycles. The lowest BCUT2D eigenvalue weighted by atomic mass is 10.2. The van der Waals surface area contributed by atoms with Crippen LogP contribution in [0.1, 0.15) is 41.5 Å². The SMILES string of the molecule is CN1C(=O)[C@H](CO[Si](C)(C)C(C)(C)C)N(C)CC=C1CO[Si](C)(C)C(C)(C)C. The number of likely N-dealkylation sites (N-methyl/N-ethyl adjacent to an activating group) is 2. The van der Waals surface area contributed by atoms with E-state index in [-0.39, 0.29) is 22.0 Å². The molecule has 164 valence electrons. The van der Waals surface area contributed by atoms with Gasteiger partial charge in [0.2, 0.25) is 5.91 Å². The number of carbonyl (C=O) groups is 1. The van der Waals surface area contributed by atoms with Crippen LogP contribution in [0.4, 0.5) is 0 Å². The molecule has 1 amide bonds. The van der Waals surface area contributed by atoms with Crippen LogP contribution in [0.5, 0.6) is 0 Å². The van der Waals surface area contributed by atoms with Crippen molar-refractivity contribution in [1.82, 2.24) is 9.80 Å². The molecule has 1 atom stereocenters. The molecule has 0 unspecified atom stereocenters. The Kier molecular flexibility index (Phi) is 7.96. The van der Waals surface area contributed by atoms with Crippen LogP contribution in [0, 0.1) is 0 Å². The minimum atomic E-state index is -1.90. The van der Waals surface area contributed by atoms with Gasteiger partial charge < -0.3 is 13.8 Å². The molecule has 0 spiro atoms. The van der Waals surface area contributed by atoms with E-state index in [1.54, 1.807) is 4.90 Å². The normalized spacial score (nSPS) is 21.0. The van der Waals surface area contributed by atoms with Crippen LogP contribution < -0.4 is 0 Å². The van der Waals surface area contributed by atoms with E-state index in [1.807, 2.05) is 14.1 Å². The Hall–Kier alpha value is -0.476. The Morgan fingerprint density at radius 2 is 1.43 bits per heavy atom. The minimum Gasteiger partial charge on any atom is -0.415 e. The second-order valence-corrected chi connectivity index (χ2v) is 20.8. The van der Waals surface area contributed by atoms with E-state index >= 15 is 0 Å². The molecule has 0 aliphatic carbocycles. The molecule has 0 fully saturated rings.